The average Bonchev–Trinajstić information content (AvgIpc) is 2.40. The topological polar surface area (TPSA) is 25.4 Å². The van der Waals surface area contributed by atoms with Crippen LogP contribution in [-0.2, 0) is 6.42 Å². The average molecular weight is 232 g/mol. The van der Waals surface area contributed by atoms with Crippen molar-refractivity contribution >= 4 is 0 Å². The van der Waals surface area contributed by atoms with Gasteiger partial charge in [0.05, 0.1) is 7.11 Å². The van der Waals surface area contributed by atoms with Gasteiger partial charge in [0, 0.05) is 24.2 Å². The summed E-state index contributed by atoms with van der Waals surface area (Å²) in [6.07, 6.45) is 5.25. The van der Waals surface area contributed by atoms with Gasteiger partial charge >= 0.3 is 0 Å². The molecule has 1 atom stereocenters. The largest absolute Gasteiger partial charge is 0.481 e. The van der Waals surface area contributed by atoms with Gasteiger partial charge in [-0.05, 0) is 44.3 Å². The molecule has 0 spiro atoms. The lowest BCUT2D eigenvalue weighted by molar-refractivity contribution is 0.0493. The van der Waals surface area contributed by atoms with E-state index in [1.165, 1.54) is 38.0 Å². The molecule has 0 aromatic carbocycles. The van der Waals surface area contributed by atoms with Crippen molar-refractivity contribution in [2.75, 3.05) is 20.2 Å². The number of piperidine rings is 3. The van der Waals surface area contributed by atoms with Gasteiger partial charge in [0.15, 0.2) is 0 Å². The van der Waals surface area contributed by atoms with Gasteiger partial charge in [0.1, 0.15) is 0 Å². The Balaban J connectivity index is 1.70. The van der Waals surface area contributed by atoms with Crippen LogP contribution in [0.1, 0.15) is 25.0 Å². The molecule has 3 aliphatic heterocycles. The second kappa shape index (κ2) is 4.65. The van der Waals surface area contributed by atoms with E-state index in [2.05, 4.69) is 16.0 Å². The Kier molecular flexibility index (Phi) is 3.02. The molecule has 3 fully saturated rings. The first-order valence-corrected chi connectivity index (χ1v) is 6.59. The molecule has 17 heavy (non-hydrogen) atoms. The summed E-state index contributed by atoms with van der Waals surface area (Å²) >= 11 is 0. The van der Waals surface area contributed by atoms with E-state index >= 15 is 0 Å². The summed E-state index contributed by atoms with van der Waals surface area (Å²) in [4.78, 5) is 7.16. The van der Waals surface area contributed by atoms with E-state index in [1.807, 2.05) is 12.1 Å². The Hall–Kier alpha value is -1.09. The third kappa shape index (κ3) is 2.29. The summed E-state index contributed by atoms with van der Waals surface area (Å²) in [5, 5.41) is 0. The summed E-state index contributed by atoms with van der Waals surface area (Å²) in [6.45, 7) is 2.58. The second-order valence-corrected chi connectivity index (χ2v) is 5.24. The molecule has 3 saturated heterocycles. The molecule has 4 rings (SSSR count). The Labute approximate surface area is 103 Å². The number of aromatic nitrogens is 1. The summed E-state index contributed by atoms with van der Waals surface area (Å²) in [5.41, 5.74) is 1.17. The molecule has 3 aliphatic rings. The molecular weight excluding hydrogens is 212 g/mol. The summed E-state index contributed by atoms with van der Waals surface area (Å²) in [7, 11) is 1.68. The lowest BCUT2D eigenvalue weighted by Gasteiger charge is -2.45. The number of fused-ring (bicyclic) bond motifs is 3. The number of rotatable bonds is 3. The molecule has 3 heteroatoms. The lowest BCUT2D eigenvalue weighted by atomic mass is 9.82. The molecule has 1 aromatic heterocycles. The van der Waals surface area contributed by atoms with Crippen molar-refractivity contribution in [3.8, 4) is 5.88 Å². The third-order valence-corrected chi connectivity index (χ3v) is 4.21. The lowest BCUT2D eigenvalue weighted by Crippen LogP contribution is -2.49. The first-order chi connectivity index (χ1) is 8.35. The molecule has 1 aromatic rings. The fourth-order valence-electron chi connectivity index (χ4n) is 3.23. The van der Waals surface area contributed by atoms with Gasteiger partial charge in [-0.1, -0.05) is 6.07 Å². The zero-order valence-electron chi connectivity index (χ0n) is 10.4. The normalized spacial score (nSPS) is 31.5. The predicted octanol–water partition coefficient (Wildman–Crippen LogP) is 2.12. The highest BCUT2D eigenvalue weighted by Crippen LogP contribution is 2.33. The minimum Gasteiger partial charge on any atom is -0.481 e. The summed E-state index contributed by atoms with van der Waals surface area (Å²) in [6, 6.07) is 6.78. The van der Waals surface area contributed by atoms with Gasteiger partial charge in [-0.3, -0.25) is 4.90 Å². The van der Waals surface area contributed by atoms with E-state index in [0.29, 0.717) is 6.04 Å². The van der Waals surface area contributed by atoms with E-state index in [1.54, 1.807) is 7.11 Å². The van der Waals surface area contributed by atoms with E-state index in [-0.39, 0.29) is 0 Å². The quantitative estimate of drug-likeness (QED) is 0.798. The van der Waals surface area contributed by atoms with Gasteiger partial charge in [-0.15, -0.1) is 0 Å². The van der Waals surface area contributed by atoms with Gasteiger partial charge < -0.3 is 4.74 Å². The number of nitrogens with zero attached hydrogens (tertiary/aromatic N) is 2. The number of hydrogen-bond donors (Lipinski definition) is 0. The van der Waals surface area contributed by atoms with Crippen LogP contribution in [0.25, 0.3) is 0 Å². The van der Waals surface area contributed by atoms with Crippen molar-refractivity contribution < 1.29 is 4.74 Å². The van der Waals surface area contributed by atoms with Gasteiger partial charge in [-0.25, -0.2) is 4.98 Å². The zero-order valence-corrected chi connectivity index (χ0v) is 10.4. The standard InChI is InChI=1S/C14H20N2O/c1-17-14-4-2-3-12(15-14)10-13-9-11-5-7-16(13)8-6-11/h2-4,11,13H,5-10H2,1H3. The van der Waals surface area contributed by atoms with Gasteiger partial charge in [-0.2, -0.15) is 0 Å². The minimum atomic E-state index is 0.710. The van der Waals surface area contributed by atoms with E-state index in [9.17, 15) is 0 Å². The van der Waals surface area contributed by atoms with Crippen LogP contribution in [0.5, 0.6) is 5.88 Å². The number of methoxy groups -OCH3 is 1. The molecular formula is C14H20N2O. The summed E-state index contributed by atoms with van der Waals surface area (Å²) in [5.74, 6) is 1.70. The number of pyridine rings is 1. The molecule has 1 unspecified atom stereocenters. The Morgan fingerprint density at radius 1 is 1.35 bits per heavy atom. The van der Waals surface area contributed by atoms with E-state index < -0.39 is 0 Å². The first-order valence-electron chi connectivity index (χ1n) is 6.59. The Morgan fingerprint density at radius 3 is 2.82 bits per heavy atom. The predicted molar refractivity (Wildman–Crippen MR) is 67.2 cm³/mol. The zero-order chi connectivity index (χ0) is 11.7. The minimum absolute atomic E-state index is 0.710. The van der Waals surface area contributed by atoms with Crippen molar-refractivity contribution in [2.45, 2.75) is 31.7 Å². The first kappa shape index (κ1) is 11.0. The van der Waals surface area contributed by atoms with Crippen molar-refractivity contribution in [3.63, 3.8) is 0 Å². The molecule has 0 radical (unpaired) electrons. The van der Waals surface area contributed by atoms with Gasteiger partial charge in [0.25, 0.3) is 0 Å². The molecule has 0 aliphatic carbocycles. The van der Waals surface area contributed by atoms with Crippen LogP contribution < -0.4 is 4.74 Å². The number of ether oxygens (including phenoxy) is 1. The molecule has 92 valence electrons. The molecule has 4 heterocycles. The smallest absolute Gasteiger partial charge is 0.213 e. The molecule has 0 saturated carbocycles. The number of hydrogen-bond acceptors (Lipinski definition) is 3. The highest BCUT2D eigenvalue weighted by Gasteiger charge is 2.33. The van der Waals surface area contributed by atoms with Crippen molar-refractivity contribution in [3.05, 3.63) is 23.9 Å². The van der Waals surface area contributed by atoms with Crippen LogP contribution in [-0.4, -0.2) is 36.1 Å². The maximum Gasteiger partial charge on any atom is 0.213 e. The van der Waals surface area contributed by atoms with Crippen LogP contribution in [0.2, 0.25) is 0 Å². The fourth-order valence-corrected chi connectivity index (χ4v) is 3.23. The Bertz CT molecular complexity index is 386. The van der Waals surface area contributed by atoms with Gasteiger partial charge in [0.2, 0.25) is 5.88 Å². The van der Waals surface area contributed by atoms with Crippen LogP contribution in [0.4, 0.5) is 0 Å². The molecule has 0 N–H and O–H groups in total. The van der Waals surface area contributed by atoms with Crippen molar-refractivity contribution in [2.24, 2.45) is 5.92 Å². The highest BCUT2D eigenvalue weighted by molar-refractivity contribution is 5.16. The van der Waals surface area contributed by atoms with Crippen LogP contribution in [0.15, 0.2) is 18.2 Å². The van der Waals surface area contributed by atoms with Crippen LogP contribution in [0, 0.1) is 5.92 Å². The fraction of sp³-hybridized carbons (Fsp3) is 0.643. The van der Waals surface area contributed by atoms with Crippen LogP contribution in [0.3, 0.4) is 0 Å². The maximum absolute atomic E-state index is 5.18. The Morgan fingerprint density at radius 2 is 2.18 bits per heavy atom. The van der Waals surface area contributed by atoms with E-state index in [0.717, 1.165) is 18.2 Å². The third-order valence-electron chi connectivity index (χ3n) is 4.21. The van der Waals surface area contributed by atoms with Crippen LogP contribution >= 0.6 is 0 Å². The van der Waals surface area contributed by atoms with Crippen molar-refractivity contribution in [1.82, 2.24) is 9.88 Å². The molecule has 3 nitrogen and oxygen atoms in total. The maximum atomic E-state index is 5.18. The summed E-state index contributed by atoms with van der Waals surface area (Å²) < 4.78 is 5.18. The monoisotopic (exact) mass is 232 g/mol. The highest BCUT2D eigenvalue weighted by atomic mass is 16.5. The molecule has 2 bridgehead atoms. The second-order valence-electron chi connectivity index (χ2n) is 5.24. The molecule has 0 amide bonds. The van der Waals surface area contributed by atoms with E-state index in [4.69, 9.17) is 4.74 Å². The van der Waals surface area contributed by atoms with Crippen molar-refractivity contribution in [1.29, 1.82) is 0 Å². The SMILES string of the molecule is COc1cccc(CC2CC3CCN2CC3)n1.